The van der Waals surface area contributed by atoms with E-state index >= 15 is 0 Å². The summed E-state index contributed by atoms with van der Waals surface area (Å²) in [6.07, 6.45) is -0.0414. The molecule has 4 heteroatoms. The Bertz CT molecular complexity index is 778. The number of rotatable bonds is 7. The number of hydrogen-bond donors (Lipinski definition) is 0. The fourth-order valence-corrected chi connectivity index (χ4v) is 2.97. The van der Waals surface area contributed by atoms with Gasteiger partial charge in [-0.05, 0) is 60.1 Å². The van der Waals surface area contributed by atoms with Crippen LogP contribution in [-0.4, -0.2) is 11.9 Å². The number of ether oxygens (including phenoxy) is 2. The zero-order valence-corrected chi connectivity index (χ0v) is 17.7. The standard InChI is InChI=1S/C24H30O4.CH4/c1-15(2)19-9-7-17(5)13-21(19)27-23(25)11-12-24(26)28-22-14-18(6)8-10-20(22)16(3)4;/h7-10,13-16H,11-12H2,1-6H3;1H4. The average Bonchev–Trinajstić information content (AvgIpc) is 2.59. The van der Waals surface area contributed by atoms with Gasteiger partial charge in [0.25, 0.3) is 0 Å². The Morgan fingerprint density at radius 3 is 1.38 bits per heavy atom. The van der Waals surface area contributed by atoms with E-state index in [2.05, 4.69) is 0 Å². The Balaban J connectivity index is 0.00000420. The van der Waals surface area contributed by atoms with Crippen molar-refractivity contribution in [2.45, 2.75) is 73.6 Å². The van der Waals surface area contributed by atoms with Crippen LogP contribution in [0.2, 0.25) is 0 Å². The maximum Gasteiger partial charge on any atom is 0.311 e. The summed E-state index contributed by atoms with van der Waals surface area (Å²) >= 11 is 0. The smallest absolute Gasteiger partial charge is 0.311 e. The van der Waals surface area contributed by atoms with Crippen LogP contribution >= 0.6 is 0 Å². The van der Waals surface area contributed by atoms with E-state index in [9.17, 15) is 9.59 Å². The first-order valence-electron chi connectivity index (χ1n) is 9.79. The predicted molar refractivity (Wildman–Crippen MR) is 118 cm³/mol. The summed E-state index contributed by atoms with van der Waals surface area (Å²) in [6.45, 7) is 12.1. The summed E-state index contributed by atoms with van der Waals surface area (Å²) in [7, 11) is 0. The van der Waals surface area contributed by atoms with E-state index in [1.807, 2.05) is 77.9 Å². The number of hydrogen-bond acceptors (Lipinski definition) is 4. The Morgan fingerprint density at radius 1 is 0.724 bits per heavy atom. The number of esters is 2. The van der Waals surface area contributed by atoms with Crippen LogP contribution in [0.15, 0.2) is 36.4 Å². The van der Waals surface area contributed by atoms with E-state index in [1.165, 1.54) is 0 Å². The molecule has 0 unspecified atom stereocenters. The third kappa shape index (κ3) is 7.04. The first kappa shape index (κ1) is 24.4. The highest BCUT2D eigenvalue weighted by Gasteiger charge is 2.16. The normalized spacial score (nSPS) is 10.6. The summed E-state index contributed by atoms with van der Waals surface area (Å²) in [4.78, 5) is 24.5. The molecule has 158 valence electrons. The fraction of sp³-hybridized carbons (Fsp3) is 0.440. The van der Waals surface area contributed by atoms with Gasteiger partial charge in [-0.25, -0.2) is 0 Å². The SMILES string of the molecule is C.Cc1ccc(C(C)C)c(OC(=O)CCC(=O)Oc2cc(C)ccc2C(C)C)c1. The summed E-state index contributed by atoms with van der Waals surface area (Å²) < 4.78 is 11.0. The molecule has 2 aromatic carbocycles. The van der Waals surface area contributed by atoms with Gasteiger partial charge in [0.2, 0.25) is 0 Å². The minimum absolute atomic E-state index is 0. The van der Waals surface area contributed by atoms with Crippen molar-refractivity contribution in [1.82, 2.24) is 0 Å². The zero-order valence-electron chi connectivity index (χ0n) is 17.7. The molecule has 29 heavy (non-hydrogen) atoms. The van der Waals surface area contributed by atoms with Crippen LogP contribution < -0.4 is 9.47 Å². The Labute approximate surface area is 175 Å². The Hall–Kier alpha value is -2.62. The lowest BCUT2D eigenvalue weighted by Crippen LogP contribution is -2.15. The first-order chi connectivity index (χ1) is 13.2. The van der Waals surface area contributed by atoms with Crippen molar-refractivity contribution >= 4 is 11.9 Å². The minimum atomic E-state index is -0.433. The van der Waals surface area contributed by atoms with Gasteiger partial charge in [0.05, 0.1) is 12.8 Å². The van der Waals surface area contributed by atoms with Crippen molar-refractivity contribution in [3.8, 4) is 11.5 Å². The molecule has 0 aliphatic carbocycles. The molecule has 0 atom stereocenters. The van der Waals surface area contributed by atoms with Crippen LogP contribution in [-0.2, 0) is 9.59 Å². The van der Waals surface area contributed by atoms with Crippen molar-refractivity contribution in [2.24, 2.45) is 0 Å². The molecule has 4 nitrogen and oxygen atoms in total. The van der Waals surface area contributed by atoms with E-state index in [4.69, 9.17) is 9.47 Å². The molecule has 0 aliphatic rings. The molecular formula is C25H34O4. The van der Waals surface area contributed by atoms with Crippen LogP contribution in [0.5, 0.6) is 11.5 Å². The molecule has 2 aromatic rings. The molecule has 0 saturated heterocycles. The second-order valence-electron chi connectivity index (χ2n) is 7.84. The maximum absolute atomic E-state index is 12.3. The number of carbonyl (C=O) groups is 2. The third-order valence-corrected chi connectivity index (χ3v) is 4.56. The fourth-order valence-electron chi connectivity index (χ4n) is 2.97. The maximum atomic E-state index is 12.3. The monoisotopic (exact) mass is 398 g/mol. The molecule has 0 aliphatic heterocycles. The van der Waals surface area contributed by atoms with Gasteiger partial charge in [0.15, 0.2) is 0 Å². The van der Waals surface area contributed by atoms with Gasteiger partial charge in [-0.15, -0.1) is 0 Å². The number of carbonyl (C=O) groups excluding carboxylic acids is 2. The van der Waals surface area contributed by atoms with E-state index in [1.54, 1.807) is 0 Å². The predicted octanol–water partition coefficient (Wildman–Crippen LogP) is 6.48. The number of benzene rings is 2. The topological polar surface area (TPSA) is 52.6 Å². The highest BCUT2D eigenvalue weighted by atomic mass is 16.5. The van der Waals surface area contributed by atoms with Crippen LogP contribution in [0.4, 0.5) is 0 Å². The van der Waals surface area contributed by atoms with Crippen LogP contribution in [0, 0.1) is 13.8 Å². The van der Waals surface area contributed by atoms with Crippen LogP contribution in [0.3, 0.4) is 0 Å². The van der Waals surface area contributed by atoms with Gasteiger partial charge < -0.3 is 9.47 Å². The lowest BCUT2D eigenvalue weighted by molar-refractivity contribution is -0.140. The van der Waals surface area contributed by atoms with E-state index < -0.39 is 11.9 Å². The molecule has 0 aromatic heterocycles. The van der Waals surface area contributed by atoms with Gasteiger partial charge in [0, 0.05) is 0 Å². The Morgan fingerprint density at radius 2 is 1.07 bits per heavy atom. The van der Waals surface area contributed by atoms with Gasteiger partial charge in [-0.2, -0.15) is 0 Å². The van der Waals surface area contributed by atoms with Gasteiger partial charge in [-0.3, -0.25) is 9.59 Å². The van der Waals surface area contributed by atoms with E-state index in [-0.39, 0.29) is 32.1 Å². The van der Waals surface area contributed by atoms with Gasteiger partial charge in [-0.1, -0.05) is 59.4 Å². The molecule has 0 amide bonds. The average molecular weight is 399 g/mol. The van der Waals surface area contributed by atoms with Gasteiger partial charge >= 0.3 is 11.9 Å². The summed E-state index contributed by atoms with van der Waals surface area (Å²) in [5, 5.41) is 0. The molecule has 0 radical (unpaired) electrons. The highest BCUT2D eigenvalue weighted by Crippen LogP contribution is 2.29. The Kier molecular flexibility index (Phi) is 9.09. The molecular weight excluding hydrogens is 364 g/mol. The molecule has 0 fully saturated rings. The minimum Gasteiger partial charge on any atom is -0.426 e. The third-order valence-electron chi connectivity index (χ3n) is 4.56. The summed E-state index contributed by atoms with van der Waals surface area (Å²) in [5.74, 6) is 0.743. The number of aryl methyl sites for hydroxylation is 2. The molecule has 0 N–H and O–H groups in total. The largest absolute Gasteiger partial charge is 0.426 e. The zero-order chi connectivity index (χ0) is 20.8. The molecule has 0 saturated carbocycles. The summed E-state index contributed by atoms with van der Waals surface area (Å²) in [5.41, 5.74) is 3.99. The van der Waals surface area contributed by atoms with Crippen molar-refractivity contribution < 1.29 is 19.1 Å². The second kappa shape index (κ2) is 10.8. The van der Waals surface area contributed by atoms with Crippen molar-refractivity contribution in [1.29, 1.82) is 0 Å². The molecule has 2 rings (SSSR count). The summed E-state index contributed by atoms with van der Waals surface area (Å²) in [6, 6.07) is 11.7. The first-order valence-corrected chi connectivity index (χ1v) is 9.79. The van der Waals surface area contributed by atoms with Gasteiger partial charge in [0.1, 0.15) is 11.5 Å². The molecule has 0 spiro atoms. The lowest BCUT2D eigenvalue weighted by atomic mass is 10.0. The van der Waals surface area contributed by atoms with Crippen molar-refractivity contribution in [3.05, 3.63) is 58.7 Å². The highest BCUT2D eigenvalue weighted by molar-refractivity contribution is 5.80. The quantitative estimate of drug-likeness (QED) is 0.396. The van der Waals surface area contributed by atoms with Crippen LogP contribution in [0.25, 0.3) is 0 Å². The van der Waals surface area contributed by atoms with Crippen molar-refractivity contribution in [2.75, 3.05) is 0 Å². The second-order valence-corrected chi connectivity index (χ2v) is 7.84. The molecule has 0 heterocycles. The van der Waals surface area contributed by atoms with Crippen molar-refractivity contribution in [3.63, 3.8) is 0 Å². The molecule has 0 bridgehead atoms. The van der Waals surface area contributed by atoms with Crippen LogP contribution in [0.1, 0.15) is 82.1 Å². The van der Waals surface area contributed by atoms with E-state index in [0.29, 0.717) is 11.5 Å². The van der Waals surface area contributed by atoms with E-state index in [0.717, 1.165) is 22.3 Å². The lowest BCUT2D eigenvalue weighted by Gasteiger charge is -2.14.